The first-order chi connectivity index (χ1) is 6.56. The first kappa shape index (κ1) is 12.0. The van der Waals surface area contributed by atoms with Gasteiger partial charge < -0.3 is 4.90 Å². The van der Waals surface area contributed by atoms with Gasteiger partial charge in [0.15, 0.2) is 0 Å². The molecule has 14 heavy (non-hydrogen) atoms. The smallest absolute Gasteiger partial charge is 0.00387 e. The van der Waals surface area contributed by atoms with Crippen molar-refractivity contribution in [1.82, 2.24) is 4.90 Å². The van der Waals surface area contributed by atoms with Gasteiger partial charge in [-0.2, -0.15) is 0 Å². The maximum Gasteiger partial charge on any atom is 0.00387 e. The lowest BCUT2D eigenvalue weighted by Crippen LogP contribution is -2.45. The molecule has 0 aliphatic carbocycles. The topological polar surface area (TPSA) is 3.24 Å². The van der Waals surface area contributed by atoms with Crippen LogP contribution in [0.2, 0.25) is 0 Å². The molecule has 1 heterocycles. The summed E-state index contributed by atoms with van der Waals surface area (Å²) in [6, 6.07) is 0.733. The lowest BCUT2D eigenvalue weighted by molar-refractivity contribution is 0.0687. The molecule has 1 aliphatic heterocycles. The summed E-state index contributed by atoms with van der Waals surface area (Å²) >= 11 is 0. The largest absolute Gasteiger partial charge is 0.301 e. The lowest BCUT2D eigenvalue weighted by Gasteiger charge is -2.42. The number of hydrogen-bond donors (Lipinski definition) is 0. The van der Waals surface area contributed by atoms with Crippen molar-refractivity contribution in [2.45, 2.75) is 53.5 Å². The monoisotopic (exact) mass is 197 g/mol. The number of rotatable bonds is 3. The zero-order valence-corrected chi connectivity index (χ0v) is 10.6. The van der Waals surface area contributed by atoms with Crippen molar-refractivity contribution in [3.63, 3.8) is 0 Å². The normalized spacial score (nSPS) is 30.2. The molecule has 1 saturated heterocycles. The zero-order chi connectivity index (χ0) is 10.7. The van der Waals surface area contributed by atoms with Gasteiger partial charge in [-0.1, -0.05) is 27.2 Å². The molecule has 1 fully saturated rings. The summed E-state index contributed by atoms with van der Waals surface area (Å²) in [5.41, 5.74) is 0. The number of piperidine rings is 1. The van der Waals surface area contributed by atoms with Crippen molar-refractivity contribution >= 4 is 0 Å². The Kier molecular flexibility index (Phi) is 4.43. The van der Waals surface area contributed by atoms with E-state index < -0.39 is 0 Å². The Morgan fingerprint density at radius 1 is 1.21 bits per heavy atom. The average molecular weight is 197 g/mol. The van der Waals surface area contributed by atoms with Crippen molar-refractivity contribution in [2.75, 3.05) is 13.1 Å². The molecule has 0 aromatic carbocycles. The van der Waals surface area contributed by atoms with Crippen LogP contribution in [0.3, 0.4) is 0 Å². The Morgan fingerprint density at radius 3 is 2.29 bits per heavy atom. The fourth-order valence-corrected chi connectivity index (χ4v) is 2.86. The summed E-state index contributed by atoms with van der Waals surface area (Å²) in [5.74, 6) is 2.77. The third-order valence-corrected chi connectivity index (χ3v) is 3.94. The lowest BCUT2D eigenvalue weighted by atomic mass is 9.76. The van der Waals surface area contributed by atoms with Crippen molar-refractivity contribution in [3.05, 3.63) is 0 Å². The molecule has 1 rings (SSSR count). The van der Waals surface area contributed by atoms with E-state index in [1.54, 1.807) is 0 Å². The van der Waals surface area contributed by atoms with E-state index in [-0.39, 0.29) is 0 Å². The first-order valence-corrected chi connectivity index (χ1v) is 6.30. The van der Waals surface area contributed by atoms with Gasteiger partial charge in [0.2, 0.25) is 0 Å². The molecule has 0 N–H and O–H groups in total. The van der Waals surface area contributed by atoms with E-state index in [1.807, 2.05) is 0 Å². The molecule has 1 heteroatoms. The Labute approximate surface area is 89.9 Å². The van der Waals surface area contributed by atoms with Gasteiger partial charge in [0.25, 0.3) is 0 Å². The van der Waals surface area contributed by atoms with Crippen molar-refractivity contribution < 1.29 is 0 Å². The average Bonchev–Trinajstić information content (AvgIpc) is 2.16. The summed E-state index contributed by atoms with van der Waals surface area (Å²) in [7, 11) is 0. The Bertz CT molecular complexity index is 163. The van der Waals surface area contributed by atoms with E-state index >= 15 is 0 Å². The molecule has 1 aliphatic rings. The summed E-state index contributed by atoms with van der Waals surface area (Å²) < 4.78 is 0. The second kappa shape index (κ2) is 5.16. The van der Waals surface area contributed by atoms with Crippen LogP contribution >= 0.6 is 0 Å². The summed E-state index contributed by atoms with van der Waals surface area (Å²) in [4.78, 5) is 2.65. The van der Waals surface area contributed by atoms with Crippen LogP contribution in [0, 0.1) is 17.8 Å². The molecular weight excluding hydrogens is 170 g/mol. The van der Waals surface area contributed by atoms with Crippen molar-refractivity contribution in [1.29, 1.82) is 0 Å². The Hall–Kier alpha value is -0.0400. The predicted molar refractivity (Wildman–Crippen MR) is 63.4 cm³/mol. The number of hydrogen-bond acceptors (Lipinski definition) is 1. The van der Waals surface area contributed by atoms with Crippen LogP contribution in [0.25, 0.3) is 0 Å². The van der Waals surface area contributed by atoms with Gasteiger partial charge in [-0.15, -0.1) is 0 Å². The van der Waals surface area contributed by atoms with Gasteiger partial charge in [-0.3, -0.25) is 0 Å². The minimum absolute atomic E-state index is 0.733. The molecule has 0 aromatic rings. The van der Waals surface area contributed by atoms with E-state index in [4.69, 9.17) is 0 Å². The first-order valence-electron chi connectivity index (χ1n) is 6.30. The highest BCUT2D eigenvalue weighted by atomic mass is 15.2. The summed E-state index contributed by atoms with van der Waals surface area (Å²) in [6.45, 7) is 14.4. The Morgan fingerprint density at radius 2 is 1.86 bits per heavy atom. The van der Waals surface area contributed by atoms with Crippen molar-refractivity contribution in [3.8, 4) is 0 Å². The molecule has 0 radical (unpaired) electrons. The predicted octanol–water partition coefficient (Wildman–Crippen LogP) is 3.40. The molecule has 0 spiro atoms. The van der Waals surface area contributed by atoms with E-state index in [0.29, 0.717) is 0 Å². The van der Waals surface area contributed by atoms with E-state index in [1.165, 1.54) is 25.9 Å². The van der Waals surface area contributed by atoms with Crippen LogP contribution in [-0.2, 0) is 0 Å². The van der Waals surface area contributed by atoms with Crippen LogP contribution < -0.4 is 0 Å². The SMILES string of the molecule is CC[C@@H]1CN(C(C)C)CCC1C(C)C. The quantitative estimate of drug-likeness (QED) is 0.670. The standard InChI is InChI=1S/C13H27N/c1-6-12-9-14(11(4)5)8-7-13(12)10(2)3/h10-13H,6-9H2,1-5H3/t12-,13?/m1/s1. The number of nitrogens with zero attached hydrogens (tertiary/aromatic N) is 1. The highest BCUT2D eigenvalue weighted by molar-refractivity contribution is 4.82. The maximum atomic E-state index is 2.65. The molecule has 1 nitrogen and oxygen atoms in total. The van der Waals surface area contributed by atoms with Gasteiger partial charge in [0.1, 0.15) is 0 Å². The second-order valence-corrected chi connectivity index (χ2v) is 5.45. The molecule has 2 atom stereocenters. The molecule has 0 amide bonds. The molecule has 0 bridgehead atoms. The van der Waals surface area contributed by atoms with Gasteiger partial charge >= 0.3 is 0 Å². The summed E-state index contributed by atoms with van der Waals surface area (Å²) in [6.07, 6.45) is 2.76. The Balaban J connectivity index is 2.54. The molecule has 0 aromatic heterocycles. The van der Waals surface area contributed by atoms with Crippen LogP contribution in [0.15, 0.2) is 0 Å². The van der Waals surface area contributed by atoms with Crippen LogP contribution in [0.4, 0.5) is 0 Å². The zero-order valence-electron chi connectivity index (χ0n) is 10.6. The molecule has 1 unspecified atom stereocenters. The maximum absolute atomic E-state index is 2.65. The van der Waals surface area contributed by atoms with Crippen molar-refractivity contribution in [2.24, 2.45) is 17.8 Å². The van der Waals surface area contributed by atoms with E-state index in [0.717, 1.165) is 23.8 Å². The van der Waals surface area contributed by atoms with Crippen LogP contribution in [-0.4, -0.2) is 24.0 Å². The van der Waals surface area contributed by atoms with Gasteiger partial charge in [-0.05, 0) is 44.6 Å². The fourth-order valence-electron chi connectivity index (χ4n) is 2.86. The second-order valence-electron chi connectivity index (χ2n) is 5.45. The molecular formula is C13H27N. The highest BCUT2D eigenvalue weighted by Crippen LogP contribution is 2.32. The van der Waals surface area contributed by atoms with Gasteiger partial charge in [-0.25, -0.2) is 0 Å². The third kappa shape index (κ3) is 2.73. The molecule has 0 saturated carbocycles. The van der Waals surface area contributed by atoms with Crippen LogP contribution in [0.5, 0.6) is 0 Å². The van der Waals surface area contributed by atoms with Gasteiger partial charge in [0.05, 0.1) is 0 Å². The van der Waals surface area contributed by atoms with Gasteiger partial charge in [0, 0.05) is 12.6 Å². The minimum Gasteiger partial charge on any atom is -0.301 e. The van der Waals surface area contributed by atoms with E-state index in [9.17, 15) is 0 Å². The van der Waals surface area contributed by atoms with Crippen LogP contribution in [0.1, 0.15) is 47.5 Å². The minimum atomic E-state index is 0.733. The summed E-state index contributed by atoms with van der Waals surface area (Å²) in [5, 5.41) is 0. The highest BCUT2D eigenvalue weighted by Gasteiger charge is 2.30. The van der Waals surface area contributed by atoms with E-state index in [2.05, 4.69) is 39.5 Å². The molecule has 84 valence electrons. The third-order valence-electron chi connectivity index (χ3n) is 3.94. The number of likely N-dealkylation sites (tertiary alicyclic amines) is 1. The fraction of sp³-hybridized carbons (Fsp3) is 1.00.